The van der Waals surface area contributed by atoms with Gasteiger partial charge in [0.15, 0.2) is 0 Å². The smallest absolute Gasteiger partial charge is 0.0440 e. The van der Waals surface area contributed by atoms with Crippen molar-refractivity contribution in [3.63, 3.8) is 0 Å². The number of hydrogen-bond donors (Lipinski definition) is 0. The Morgan fingerprint density at radius 2 is 1.50 bits per heavy atom. The third-order valence-corrected chi connectivity index (χ3v) is 2.20. The second kappa shape index (κ2) is 2.52. The molecule has 48 valence electrons. The van der Waals surface area contributed by atoms with Gasteiger partial charge in [-0.1, -0.05) is 33.1 Å². The maximum absolute atomic E-state index is 2.37. The molecule has 0 radical (unpaired) electrons. The second-order valence-corrected chi connectivity index (χ2v) is 3.38. The molecule has 0 aliphatic heterocycles. The van der Waals surface area contributed by atoms with Gasteiger partial charge in [-0.05, 0) is 18.3 Å². The van der Waals surface area contributed by atoms with Crippen LogP contribution in [0.15, 0.2) is 0 Å². The summed E-state index contributed by atoms with van der Waals surface area (Å²) in [4.78, 5) is 0. The first-order valence-corrected chi connectivity index (χ1v) is 3.79. The molecule has 0 unspecified atom stereocenters. The van der Waals surface area contributed by atoms with E-state index in [0.717, 1.165) is 11.8 Å². The van der Waals surface area contributed by atoms with Gasteiger partial charge >= 0.3 is 0 Å². The molecule has 0 aromatic carbocycles. The van der Waals surface area contributed by atoms with Gasteiger partial charge in [0.2, 0.25) is 0 Å². The zero-order valence-corrected chi connectivity index (χ0v) is 5.98. The molecular weight excluding hydrogens is 96.1 g/mol. The van der Waals surface area contributed by atoms with Crippen LogP contribution in [0.25, 0.3) is 0 Å². The van der Waals surface area contributed by atoms with Crippen LogP contribution in [-0.2, 0) is 0 Å². The van der Waals surface area contributed by atoms with E-state index in [9.17, 15) is 0 Å². The summed E-state index contributed by atoms with van der Waals surface area (Å²) >= 11 is 0. The Bertz CT molecular complexity index is 58.4. The summed E-state index contributed by atoms with van der Waals surface area (Å²) in [5, 5.41) is 0. The largest absolute Gasteiger partial charge is 0.0625 e. The van der Waals surface area contributed by atoms with Crippen LogP contribution in [0.1, 0.15) is 39.5 Å². The van der Waals surface area contributed by atoms with Crippen molar-refractivity contribution < 1.29 is 0 Å². The van der Waals surface area contributed by atoms with Crippen LogP contribution in [-0.4, -0.2) is 0 Å². The predicted octanol–water partition coefficient (Wildman–Crippen LogP) is 2.83. The first kappa shape index (κ1) is 6.12. The monoisotopic (exact) mass is 112 g/mol. The Morgan fingerprint density at radius 1 is 1.00 bits per heavy atom. The van der Waals surface area contributed by atoms with Gasteiger partial charge in [-0.15, -0.1) is 0 Å². The van der Waals surface area contributed by atoms with Crippen LogP contribution in [0.3, 0.4) is 0 Å². The highest BCUT2D eigenvalue weighted by Crippen LogP contribution is 2.27. The summed E-state index contributed by atoms with van der Waals surface area (Å²) < 4.78 is 0. The van der Waals surface area contributed by atoms with E-state index < -0.39 is 0 Å². The van der Waals surface area contributed by atoms with Crippen molar-refractivity contribution >= 4 is 0 Å². The zero-order valence-electron chi connectivity index (χ0n) is 5.98. The Labute approximate surface area is 52.3 Å². The fourth-order valence-electron chi connectivity index (χ4n) is 1.74. The fraction of sp³-hybridized carbons (Fsp3) is 1.00. The van der Waals surface area contributed by atoms with Crippen molar-refractivity contribution in [1.29, 1.82) is 0 Å². The lowest BCUT2D eigenvalue weighted by atomic mass is 9.84. The van der Waals surface area contributed by atoms with Gasteiger partial charge in [0.05, 0.1) is 0 Å². The minimum Gasteiger partial charge on any atom is -0.0625 e. The van der Waals surface area contributed by atoms with Gasteiger partial charge in [0.25, 0.3) is 0 Å². The molecule has 0 spiro atoms. The Balaban J connectivity index is 2.23. The molecule has 1 aliphatic rings. The normalized spacial score (nSPS) is 39.8. The van der Waals surface area contributed by atoms with Crippen LogP contribution in [0, 0.1) is 11.8 Å². The van der Waals surface area contributed by atoms with Crippen molar-refractivity contribution in [1.82, 2.24) is 0 Å². The van der Waals surface area contributed by atoms with Gasteiger partial charge in [-0.3, -0.25) is 0 Å². The lowest BCUT2D eigenvalue weighted by Gasteiger charge is -2.22. The maximum atomic E-state index is 2.37. The minimum atomic E-state index is 1.01. The molecule has 0 nitrogen and oxygen atoms in total. The maximum Gasteiger partial charge on any atom is -0.0440 e. The zero-order chi connectivity index (χ0) is 5.98. The highest BCUT2D eigenvalue weighted by molar-refractivity contribution is 4.66. The molecule has 0 heteroatoms. The van der Waals surface area contributed by atoms with Crippen LogP contribution >= 0.6 is 0 Å². The summed E-state index contributed by atoms with van der Waals surface area (Å²) in [6.07, 6.45) is 5.90. The first-order valence-electron chi connectivity index (χ1n) is 3.79. The summed E-state index contributed by atoms with van der Waals surface area (Å²) in [5.41, 5.74) is 0. The van der Waals surface area contributed by atoms with Gasteiger partial charge in [-0.25, -0.2) is 0 Å². The quantitative estimate of drug-likeness (QED) is 0.452. The Kier molecular flexibility index (Phi) is 1.93. The Morgan fingerprint density at radius 3 is 1.75 bits per heavy atom. The first-order chi connectivity index (χ1) is 3.79. The standard InChI is InChI=1S/C8H16/c1-7-4-3-5-8(2)6-7/h7-8H,3-6H2,1-2H3/t7-,8-/m1/s1. The summed E-state index contributed by atoms with van der Waals surface area (Å²) in [6, 6.07) is 0. The van der Waals surface area contributed by atoms with E-state index in [-0.39, 0.29) is 0 Å². The topological polar surface area (TPSA) is 0 Å². The lowest BCUT2D eigenvalue weighted by Crippen LogP contribution is -2.09. The molecule has 0 amide bonds. The van der Waals surface area contributed by atoms with Crippen LogP contribution < -0.4 is 0 Å². The molecule has 0 aromatic heterocycles. The second-order valence-electron chi connectivity index (χ2n) is 3.38. The van der Waals surface area contributed by atoms with Gasteiger partial charge in [0, 0.05) is 0 Å². The Hall–Kier alpha value is 0. The average Bonchev–Trinajstić information content (AvgIpc) is 1.64. The molecule has 1 aliphatic carbocycles. The molecule has 1 fully saturated rings. The van der Waals surface area contributed by atoms with Gasteiger partial charge in [-0.2, -0.15) is 0 Å². The molecule has 0 heterocycles. The van der Waals surface area contributed by atoms with E-state index in [1.807, 2.05) is 0 Å². The van der Waals surface area contributed by atoms with Crippen LogP contribution in [0.5, 0.6) is 0 Å². The fourth-order valence-corrected chi connectivity index (χ4v) is 1.74. The predicted molar refractivity (Wildman–Crippen MR) is 36.8 cm³/mol. The summed E-state index contributed by atoms with van der Waals surface area (Å²) in [5.74, 6) is 2.03. The molecular formula is C8H16. The van der Waals surface area contributed by atoms with E-state index in [4.69, 9.17) is 0 Å². The molecule has 0 aromatic rings. The van der Waals surface area contributed by atoms with E-state index in [2.05, 4.69) is 13.8 Å². The molecule has 1 saturated carbocycles. The van der Waals surface area contributed by atoms with E-state index in [0.29, 0.717) is 0 Å². The number of hydrogen-bond acceptors (Lipinski definition) is 0. The number of rotatable bonds is 0. The van der Waals surface area contributed by atoms with Crippen molar-refractivity contribution in [2.45, 2.75) is 39.5 Å². The molecule has 2 atom stereocenters. The highest BCUT2D eigenvalue weighted by Gasteiger charge is 2.13. The third kappa shape index (κ3) is 1.50. The van der Waals surface area contributed by atoms with Crippen molar-refractivity contribution in [2.24, 2.45) is 11.8 Å². The third-order valence-electron chi connectivity index (χ3n) is 2.20. The molecule has 0 N–H and O–H groups in total. The SMILES string of the molecule is C[C@@H]1CCC[C@@H](C)C1. The molecule has 8 heavy (non-hydrogen) atoms. The van der Waals surface area contributed by atoms with Crippen LogP contribution in [0.4, 0.5) is 0 Å². The minimum absolute atomic E-state index is 1.01. The van der Waals surface area contributed by atoms with E-state index >= 15 is 0 Å². The van der Waals surface area contributed by atoms with Gasteiger partial charge in [0.1, 0.15) is 0 Å². The average molecular weight is 112 g/mol. The van der Waals surface area contributed by atoms with Gasteiger partial charge < -0.3 is 0 Å². The molecule has 0 bridgehead atoms. The summed E-state index contributed by atoms with van der Waals surface area (Å²) in [6.45, 7) is 4.74. The van der Waals surface area contributed by atoms with Crippen molar-refractivity contribution in [3.05, 3.63) is 0 Å². The molecule has 0 saturated heterocycles. The van der Waals surface area contributed by atoms with Crippen LogP contribution in [0.2, 0.25) is 0 Å². The molecule has 1 rings (SSSR count). The lowest BCUT2D eigenvalue weighted by molar-refractivity contribution is 0.301. The van der Waals surface area contributed by atoms with Crippen molar-refractivity contribution in [2.75, 3.05) is 0 Å². The van der Waals surface area contributed by atoms with E-state index in [1.165, 1.54) is 25.7 Å². The van der Waals surface area contributed by atoms with Crippen molar-refractivity contribution in [3.8, 4) is 0 Å². The van der Waals surface area contributed by atoms with E-state index in [1.54, 1.807) is 0 Å². The summed E-state index contributed by atoms with van der Waals surface area (Å²) in [7, 11) is 0. The highest BCUT2D eigenvalue weighted by atomic mass is 14.2.